The summed E-state index contributed by atoms with van der Waals surface area (Å²) >= 11 is 0. The zero-order chi connectivity index (χ0) is 14.8. The Kier molecular flexibility index (Phi) is 3.91. The molecule has 0 aliphatic carbocycles. The van der Waals surface area contributed by atoms with Crippen molar-refractivity contribution in [3.05, 3.63) is 30.4 Å². The number of sulfonamides is 1. The molecule has 0 saturated carbocycles. The normalized spacial score (nSPS) is 11.5. The summed E-state index contributed by atoms with van der Waals surface area (Å²) in [6.07, 6.45) is 1.49. The molecule has 8 nitrogen and oxygen atoms in total. The molecule has 2 aromatic rings. The third kappa shape index (κ3) is 3.06. The van der Waals surface area contributed by atoms with Gasteiger partial charge >= 0.3 is 0 Å². The molecule has 108 valence electrons. The summed E-state index contributed by atoms with van der Waals surface area (Å²) in [6.45, 7) is -0.0128. The number of nitrogen functional groups attached to an aromatic ring is 1. The van der Waals surface area contributed by atoms with Crippen LogP contribution in [-0.4, -0.2) is 30.3 Å². The van der Waals surface area contributed by atoms with Gasteiger partial charge in [-0.05, 0) is 18.2 Å². The molecule has 0 spiro atoms. The molecule has 2 rings (SSSR count). The maximum absolute atomic E-state index is 12.2. The van der Waals surface area contributed by atoms with Crippen LogP contribution in [0.25, 0.3) is 0 Å². The Morgan fingerprint density at radius 1 is 1.45 bits per heavy atom. The number of hydrogen-bond acceptors (Lipinski definition) is 6. The molecule has 0 unspecified atom stereocenters. The second-order valence-corrected chi connectivity index (χ2v) is 5.80. The maximum atomic E-state index is 12.2. The van der Waals surface area contributed by atoms with Crippen molar-refractivity contribution in [3.8, 4) is 5.75 Å². The SMILES string of the molecule is COc1ccc(N)cc1S(=O)(=O)NCc1ncn(C)n1. The van der Waals surface area contributed by atoms with Gasteiger partial charge in [-0.3, -0.25) is 4.68 Å². The highest BCUT2D eigenvalue weighted by atomic mass is 32.2. The Labute approximate surface area is 116 Å². The van der Waals surface area contributed by atoms with E-state index in [0.29, 0.717) is 11.5 Å². The first-order valence-electron chi connectivity index (χ1n) is 5.70. The summed E-state index contributed by atoms with van der Waals surface area (Å²) < 4.78 is 33.4. The van der Waals surface area contributed by atoms with E-state index in [2.05, 4.69) is 14.8 Å². The number of hydrogen-bond donors (Lipinski definition) is 2. The summed E-state index contributed by atoms with van der Waals surface area (Å²) in [4.78, 5) is 3.92. The number of ether oxygens (including phenoxy) is 1. The highest BCUT2D eigenvalue weighted by Crippen LogP contribution is 2.25. The molecule has 0 bridgehead atoms. The summed E-state index contributed by atoms with van der Waals surface area (Å²) in [5.41, 5.74) is 5.95. The van der Waals surface area contributed by atoms with Crippen molar-refractivity contribution in [2.45, 2.75) is 11.4 Å². The van der Waals surface area contributed by atoms with Gasteiger partial charge in [-0.2, -0.15) is 5.10 Å². The fourth-order valence-electron chi connectivity index (χ4n) is 1.61. The Hall–Kier alpha value is -2.13. The van der Waals surface area contributed by atoms with E-state index in [1.807, 2.05) is 0 Å². The maximum Gasteiger partial charge on any atom is 0.244 e. The highest BCUT2D eigenvalue weighted by molar-refractivity contribution is 7.89. The zero-order valence-corrected chi connectivity index (χ0v) is 11.9. The van der Waals surface area contributed by atoms with Gasteiger partial charge in [0.2, 0.25) is 10.0 Å². The average molecular weight is 297 g/mol. The minimum Gasteiger partial charge on any atom is -0.495 e. The zero-order valence-electron chi connectivity index (χ0n) is 11.1. The molecule has 20 heavy (non-hydrogen) atoms. The topological polar surface area (TPSA) is 112 Å². The molecule has 0 radical (unpaired) electrons. The van der Waals surface area contributed by atoms with E-state index >= 15 is 0 Å². The second-order valence-electron chi connectivity index (χ2n) is 4.07. The summed E-state index contributed by atoms with van der Waals surface area (Å²) in [5, 5.41) is 3.99. The lowest BCUT2D eigenvalue weighted by Crippen LogP contribution is -2.24. The van der Waals surface area contributed by atoms with Crippen LogP contribution < -0.4 is 15.2 Å². The number of benzene rings is 1. The molecule has 0 aliphatic heterocycles. The van der Waals surface area contributed by atoms with Crippen molar-refractivity contribution in [1.29, 1.82) is 0 Å². The highest BCUT2D eigenvalue weighted by Gasteiger charge is 2.20. The Balaban J connectivity index is 2.24. The van der Waals surface area contributed by atoms with Crippen molar-refractivity contribution in [1.82, 2.24) is 19.5 Å². The van der Waals surface area contributed by atoms with Gasteiger partial charge in [0.05, 0.1) is 13.7 Å². The van der Waals surface area contributed by atoms with E-state index in [1.165, 1.54) is 30.3 Å². The molecule has 0 amide bonds. The van der Waals surface area contributed by atoms with E-state index in [1.54, 1.807) is 13.1 Å². The fourth-order valence-corrected chi connectivity index (χ4v) is 2.79. The van der Waals surface area contributed by atoms with Crippen LogP contribution in [0, 0.1) is 0 Å². The quantitative estimate of drug-likeness (QED) is 0.744. The Bertz CT molecular complexity index is 711. The molecule has 0 fully saturated rings. The monoisotopic (exact) mass is 297 g/mol. The number of nitrogens with one attached hydrogen (secondary N) is 1. The lowest BCUT2D eigenvalue weighted by atomic mass is 10.3. The van der Waals surface area contributed by atoms with Crippen molar-refractivity contribution in [2.24, 2.45) is 7.05 Å². The Morgan fingerprint density at radius 3 is 2.80 bits per heavy atom. The lowest BCUT2D eigenvalue weighted by molar-refractivity contribution is 0.402. The van der Waals surface area contributed by atoms with Crippen LogP contribution in [0.1, 0.15) is 5.82 Å². The molecule has 1 heterocycles. The number of anilines is 1. The Morgan fingerprint density at radius 2 is 2.20 bits per heavy atom. The van der Waals surface area contributed by atoms with Gasteiger partial charge in [0.15, 0.2) is 5.82 Å². The van der Waals surface area contributed by atoms with Crippen LogP contribution in [0.5, 0.6) is 5.75 Å². The van der Waals surface area contributed by atoms with Gasteiger partial charge in [0.25, 0.3) is 0 Å². The van der Waals surface area contributed by atoms with Crippen LogP contribution in [0.2, 0.25) is 0 Å². The first-order chi connectivity index (χ1) is 9.42. The lowest BCUT2D eigenvalue weighted by Gasteiger charge is -2.10. The average Bonchev–Trinajstić information content (AvgIpc) is 2.82. The number of nitrogens with two attached hydrogens (primary N) is 1. The van der Waals surface area contributed by atoms with Gasteiger partial charge in [0, 0.05) is 12.7 Å². The van der Waals surface area contributed by atoms with Gasteiger partial charge in [-0.25, -0.2) is 18.1 Å². The molecule has 1 aromatic carbocycles. The predicted octanol–water partition coefficient (Wildman–Crippen LogP) is -0.116. The molecule has 0 saturated heterocycles. The summed E-state index contributed by atoms with van der Waals surface area (Å²) in [6, 6.07) is 4.41. The number of aryl methyl sites for hydroxylation is 1. The molecule has 9 heteroatoms. The minimum absolute atomic E-state index is 0.0128. The third-order valence-electron chi connectivity index (χ3n) is 2.54. The van der Waals surface area contributed by atoms with Crippen molar-refractivity contribution in [2.75, 3.05) is 12.8 Å². The molecule has 1 aromatic heterocycles. The second kappa shape index (κ2) is 5.47. The van der Waals surface area contributed by atoms with E-state index in [9.17, 15) is 8.42 Å². The number of aromatic nitrogens is 3. The van der Waals surface area contributed by atoms with Crippen LogP contribution >= 0.6 is 0 Å². The third-order valence-corrected chi connectivity index (χ3v) is 3.97. The van der Waals surface area contributed by atoms with Crippen molar-refractivity contribution < 1.29 is 13.2 Å². The molecule has 0 aliphatic rings. The van der Waals surface area contributed by atoms with E-state index in [4.69, 9.17) is 10.5 Å². The smallest absolute Gasteiger partial charge is 0.244 e. The van der Waals surface area contributed by atoms with Crippen LogP contribution in [0.3, 0.4) is 0 Å². The van der Waals surface area contributed by atoms with Crippen molar-refractivity contribution in [3.63, 3.8) is 0 Å². The van der Waals surface area contributed by atoms with Gasteiger partial charge < -0.3 is 10.5 Å². The van der Waals surface area contributed by atoms with Crippen LogP contribution in [0.4, 0.5) is 5.69 Å². The fraction of sp³-hybridized carbons (Fsp3) is 0.273. The minimum atomic E-state index is -3.76. The van der Waals surface area contributed by atoms with Crippen LogP contribution in [0.15, 0.2) is 29.4 Å². The number of methoxy groups -OCH3 is 1. The molecule has 3 N–H and O–H groups in total. The van der Waals surface area contributed by atoms with E-state index in [0.717, 1.165) is 0 Å². The predicted molar refractivity (Wildman–Crippen MR) is 72.4 cm³/mol. The summed E-state index contributed by atoms with van der Waals surface area (Å²) in [7, 11) is -0.665. The number of nitrogens with zero attached hydrogens (tertiary/aromatic N) is 3. The van der Waals surface area contributed by atoms with Gasteiger partial charge in [0.1, 0.15) is 17.0 Å². The van der Waals surface area contributed by atoms with Gasteiger partial charge in [-0.15, -0.1) is 0 Å². The first-order valence-corrected chi connectivity index (χ1v) is 7.18. The van der Waals surface area contributed by atoms with E-state index in [-0.39, 0.29) is 17.2 Å². The molecular formula is C11H15N5O3S. The largest absolute Gasteiger partial charge is 0.495 e. The van der Waals surface area contributed by atoms with Crippen molar-refractivity contribution >= 4 is 15.7 Å². The van der Waals surface area contributed by atoms with Gasteiger partial charge in [-0.1, -0.05) is 0 Å². The molecule has 0 atom stereocenters. The number of rotatable bonds is 5. The van der Waals surface area contributed by atoms with Crippen LogP contribution in [-0.2, 0) is 23.6 Å². The summed E-state index contributed by atoms with van der Waals surface area (Å²) in [5.74, 6) is 0.597. The van der Waals surface area contributed by atoms with E-state index < -0.39 is 10.0 Å². The standard InChI is InChI=1S/C11H15N5O3S/c1-16-7-13-11(15-16)6-14-20(17,18)10-5-8(12)3-4-9(10)19-2/h3-5,7,14H,6,12H2,1-2H3. The first kappa shape index (κ1) is 14.3. The molecular weight excluding hydrogens is 282 g/mol.